The number of nitrogens with zero attached hydrogens (tertiary/aromatic N) is 2. The maximum atomic E-state index is 12.5. The summed E-state index contributed by atoms with van der Waals surface area (Å²) in [6.45, 7) is 5.45. The number of amides is 2. The van der Waals surface area contributed by atoms with Crippen LogP contribution in [0, 0.1) is 0 Å². The van der Waals surface area contributed by atoms with Crippen LogP contribution in [0.3, 0.4) is 0 Å². The van der Waals surface area contributed by atoms with Crippen molar-refractivity contribution in [2.24, 2.45) is 0 Å². The summed E-state index contributed by atoms with van der Waals surface area (Å²) < 4.78 is 5.71. The number of likely N-dealkylation sites (tertiary alicyclic amines) is 1. The number of aliphatic carboxylic acids is 1. The van der Waals surface area contributed by atoms with Crippen molar-refractivity contribution in [3.63, 3.8) is 0 Å². The Balaban J connectivity index is 1.98. The van der Waals surface area contributed by atoms with E-state index in [0.717, 1.165) is 12.8 Å². The van der Waals surface area contributed by atoms with E-state index in [1.165, 1.54) is 0 Å². The number of morpholine rings is 1. The average Bonchev–Trinajstić information content (AvgIpc) is 2.68. The lowest BCUT2D eigenvalue weighted by Crippen LogP contribution is -2.53. The van der Waals surface area contributed by atoms with E-state index in [0.29, 0.717) is 19.6 Å². The SMILES string of the molecule is CCN(C(=O)N1CC2CCC(C1)O2)C(C)CC(=O)O. The van der Waals surface area contributed by atoms with Gasteiger partial charge in [-0.05, 0) is 26.7 Å². The fourth-order valence-corrected chi connectivity index (χ4v) is 2.95. The highest BCUT2D eigenvalue weighted by molar-refractivity contribution is 5.76. The fraction of sp³-hybridized carbons (Fsp3) is 0.846. The van der Waals surface area contributed by atoms with E-state index in [1.54, 1.807) is 11.8 Å². The monoisotopic (exact) mass is 270 g/mol. The van der Waals surface area contributed by atoms with E-state index in [9.17, 15) is 9.59 Å². The number of carbonyl (C=O) groups is 2. The Morgan fingerprint density at radius 1 is 1.37 bits per heavy atom. The second-order valence-corrected chi connectivity index (χ2v) is 5.38. The van der Waals surface area contributed by atoms with E-state index in [-0.39, 0.29) is 30.7 Å². The molecule has 3 atom stereocenters. The quantitative estimate of drug-likeness (QED) is 0.832. The number of urea groups is 1. The minimum Gasteiger partial charge on any atom is -0.481 e. The van der Waals surface area contributed by atoms with Crippen molar-refractivity contribution >= 4 is 12.0 Å². The zero-order valence-corrected chi connectivity index (χ0v) is 11.5. The lowest BCUT2D eigenvalue weighted by atomic mass is 10.2. The largest absolute Gasteiger partial charge is 0.481 e. The van der Waals surface area contributed by atoms with E-state index in [4.69, 9.17) is 9.84 Å². The Bertz CT molecular complexity index is 349. The van der Waals surface area contributed by atoms with Crippen LogP contribution < -0.4 is 0 Å². The molecule has 0 aliphatic carbocycles. The third-order valence-electron chi connectivity index (χ3n) is 3.90. The van der Waals surface area contributed by atoms with Crippen LogP contribution >= 0.6 is 0 Å². The van der Waals surface area contributed by atoms with Crippen molar-refractivity contribution in [3.8, 4) is 0 Å². The van der Waals surface area contributed by atoms with Crippen molar-refractivity contribution < 1.29 is 19.4 Å². The van der Waals surface area contributed by atoms with Gasteiger partial charge in [0.15, 0.2) is 0 Å². The standard InChI is InChI=1S/C13H22N2O4/c1-3-15(9(2)6-12(16)17)13(18)14-7-10-4-5-11(8-14)19-10/h9-11H,3-8H2,1-2H3,(H,16,17). The first-order chi connectivity index (χ1) is 9.01. The zero-order chi connectivity index (χ0) is 14.0. The third-order valence-corrected chi connectivity index (χ3v) is 3.90. The molecule has 6 heteroatoms. The maximum Gasteiger partial charge on any atom is 0.320 e. The summed E-state index contributed by atoms with van der Waals surface area (Å²) in [5.41, 5.74) is 0. The van der Waals surface area contributed by atoms with Crippen molar-refractivity contribution in [3.05, 3.63) is 0 Å². The molecule has 2 bridgehead atoms. The highest BCUT2D eigenvalue weighted by atomic mass is 16.5. The van der Waals surface area contributed by atoms with E-state index >= 15 is 0 Å². The summed E-state index contributed by atoms with van der Waals surface area (Å²) in [7, 11) is 0. The normalized spacial score (nSPS) is 27.2. The molecule has 0 spiro atoms. The van der Waals surface area contributed by atoms with Crippen LogP contribution in [0.2, 0.25) is 0 Å². The molecule has 0 aromatic heterocycles. The highest BCUT2D eigenvalue weighted by Crippen LogP contribution is 2.27. The minimum absolute atomic E-state index is 0.0171. The molecule has 0 saturated carbocycles. The van der Waals surface area contributed by atoms with Gasteiger partial charge in [0.2, 0.25) is 0 Å². The smallest absolute Gasteiger partial charge is 0.320 e. The van der Waals surface area contributed by atoms with Gasteiger partial charge in [-0.3, -0.25) is 4.79 Å². The Kier molecular flexibility index (Phi) is 4.29. The van der Waals surface area contributed by atoms with Crippen LogP contribution in [0.15, 0.2) is 0 Å². The molecule has 2 heterocycles. The number of carboxylic acids is 1. The second kappa shape index (κ2) is 5.77. The number of ether oxygens (including phenoxy) is 1. The Morgan fingerprint density at radius 3 is 2.42 bits per heavy atom. The van der Waals surface area contributed by atoms with Crippen molar-refractivity contribution in [1.29, 1.82) is 0 Å². The number of carbonyl (C=O) groups excluding carboxylic acids is 1. The average molecular weight is 270 g/mol. The molecule has 2 aliphatic rings. The van der Waals surface area contributed by atoms with Gasteiger partial charge in [-0.2, -0.15) is 0 Å². The molecule has 6 nitrogen and oxygen atoms in total. The number of fused-ring (bicyclic) bond motifs is 2. The van der Waals surface area contributed by atoms with Crippen LogP contribution in [0.25, 0.3) is 0 Å². The first-order valence-electron chi connectivity index (χ1n) is 6.94. The lowest BCUT2D eigenvalue weighted by molar-refractivity contribution is -0.138. The topological polar surface area (TPSA) is 70.1 Å². The summed E-state index contributed by atoms with van der Waals surface area (Å²) >= 11 is 0. The first-order valence-corrected chi connectivity index (χ1v) is 6.94. The first kappa shape index (κ1) is 14.1. The molecule has 0 aromatic carbocycles. The molecule has 0 aromatic rings. The number of carboxylic acid groups (broad SMARTS) is 1. The van der Waals surface area contributed by atoms with E-state index < -0.39 is 5.97 Å². The van der Waals surface area contributed by atoms with Crippen LogP contribution in [-0.2, 0) is 9.53 Å². The molecule has 0 radical (unpaired) electrons. The fourth-order valence-electron chi connectivity index (χ4n) is 2.95. The third kappa shape index (κ3) is 3.18. The molecule has 2 aliphatic heterocycles. The lowest BCUT2D eigenvalue weighted by Gasteiger charge is -2.37. The van der Waals surface area contributed by atoms with Gasteiger partial charge in [0.1, 0.15) is 0 Å². The van der Waals surface area contributed by atoms with Gasteiger partial charge in [0, 0.05) is 25.7 Å². The molecule has 1 N–H and O–H groups in total. The zero-order valence-electron chi connectivity index (χ0n) is 11.5. The molecule has 19 heavy (non-hydrogen) atoms. The van der Waals surface area contributed by atoms with Crippen molar-refractivity contribution in [2.75, 3.05) is 19.6 Å². The van der Waals surface area contributed by atoms with Gasteiger partial charge in [0.05, 0.1) is 18.6 Å². The summed E-state index contributed by atoms with van der Waals surface area (Å²) in [5.74, 6) is -0.874. The molecule has 2 amide bonds. The van der Waals surface area contributed by atoms with Gasteiger partial charge in [-0.1, -0.05) is 0 Å². The Hall–Kier alpha value is -1.30. The predicted molar refractivity (Wildman–Crippen MR) is 69.0 cm³/mol. The summed E-state index contributed by atoms with van der Waals surface area (Å²) in [6, 6.07) is -0.341. The Morgan fingerprint density at radius 2 is 1.95 bits per heavy atom. The minimum atomic E-state index is -0.874. The Labute approximate surface area is 113 Å². The molecule has 3 unspecified atom stereocenters. The van der Waals surface area contributed by atoms with Gasteiger partial charge in [-0.25, -0.2) is 4.79 Å². The number of hydrogen-bond donors (Lipinski definition) is 1. The second-order valence-electron chi connectivity index (χ2n) is 5.38. The molecule has 2 fully saturated rings. The van der Waals surface area contributed by atoms with Crippen LogP contribution in [0.5, 0.6) is 0 Å². The van der Waals surface area contributed by atoms with E-state index in [2.05, 4.69) is 0 Å². The molecular formula is C13H22N2O4. The van der Waals surface area contributed by atoms with Crippen LogP contribution in [-0.4, -0.2) is 64.8 Å². The van der Waals surface area contributed by atoms with Crippen LogP contribution in [0.1, 0.15) is 33.1 Å². The van der Waals surface area contributed by atoms with Crippen molar-refractivity contribution in [1.82, 2.24) is 9.80 Å². The maximum absolute atomic E-state index is 12.5. The van der Waals surface area contributed by atoms with Gasteiger partial charge >= 0.3 is 12.0 Å². The summed E-state index contributed by atoms with van der Waals surface area (Å²) in [4.78, 5) is 26.7. The molecule has 2 saturated heterocycles. The molecule has 2 rings (SSSR count). The molecular weight excluding hydrogens is 248 g/mol. The van der Waals surface area contributed by atoms with Crippen molar-refractivity contribution in [2.45, 2.75) is 51.4 Å². The summed E-state index contributed by atoms with van der Waals surface area (Å²) in [5, 5.41) is 8.84. The van der Waals surface area contributed by atoms with Gasteiger partial charge in [-0.15, -0.1) is 0 Å². The number of rotatable bonds is 4. The summed E-state index contributed by atoms with van der Waals surface area (Å²) in [6.07, 6.45) is 2.35. The van der Waals surface area contributed by atoms with Crippen LogP contribution in [0.4, 0.5) is 4.79 Å². The predicted octanol–water partition coefficient (Wildman–Crippen LogP) is 1.15. The van der Waals surface area contributed by atoms with E-state index in [1.807, 2.05) is 11.8 Å². The number of hydrogen-bond acceptors (Lipinski definition) is 3. The highest BCUT2D eigenvalue weighted by Gasteiger charge is 2.37. The van der Waals surface area contributed by atoms with Gasteiger partial charge < -0.3 is 19.6 Å². The molecule has 108 valence electrons. The van der Waals surface area contributed by atoms with Gasteiger partial charge in [0.25, 0.3) is 0 Å².